The summed E-state index contributed by atoms with van der Waals surface area (Å²) in [5.74, 6) is -0.199. The first-order valence-corrected chi connectivity index (χ1v) is 30.1. The maximum absolute atomic E-state index is 13.0. The highest BCUT2D eigenvalue weighted by Gasteiger charge is 2.23. The van der Waals surface area contributed by atoms with Gasteiger partial charge in [-0.1, -0.05) is 254 Å². The Morgan fingerprint density at radius 2 is 0.897 bits per heavy atom. The summed E-state index contributed by atoms with van der Waals surface area (Å²) in [5, 5.41) is 13.9. The molecule has 0 saturated carbocycles. The number of likely N-dealkylation sites (N-methyl/N-ethyl adjacent to an activating group) is 1. The number of carbonyl (C=O) groups is 1. The van der Waals surface area contributed by atoms with E-state index in [1.165, 1.54) is 173 Å². The average molecular weight is 976 g/mol. The van der Waals surface area contributed by atoms with Crippen LogP contribution >= 0.6 is 7.82 Å². The third-order valence-corrected chi connectivity index (χ3v) is 13.7. The first kappa shape index (κ1) is 66.2. The van der Waals surface area contributed by atoms with Gasteiger partial charge in [0.05, 0.1) is 39.9 Å². The summed E-state index contributed by atoms with van der Waals surface area (Å²) in [7, 11) is 1.26. The minimum atomic E-state index is -4.60. The molecule has 0 bridgehead atoms. The van der Waals surface area contributed by atoms with E-state index in [-0.39, 0.29) is 19.1 Å². The Morgan fingerprint density at radius 1 is 0.529 bits per heavy atom. The lowest BCUT2D eigenvalue weighted by Gasteiger charge is -2.29. The van der Waals surface area contributed by atoms with Crippen molar-refractivity contribution in [1.82, 2.24) is 5.32 Å². The van der Waals surface area contributed by atoms with Crippen LogP contribution in [0.1, 0.15) is 258 Å². The molecule has 0 rings (SSSR count). The standard InChI is InChI=1S/C59H111N2O6P/c1-6-8-10-12-14-16-18-20-22-24-26-28-29-30-31-33-35-37-39-41-43-45-47-49-51-53-59(63)60-57(56-67-68(64,65)66-55-54-61(3,4)5)58(62)52-50-48-46-44-42-40-38-36-34-32-27-25-23-21-19-17-15-13-11-9-7-2/h8,10,14,16,20,22,26,28,50,52,57-58,62H,6-7,9,11-13,15,17-19,21,23-25,27,29-49,51,53-56H2,1-5H3,(H-,60,63,64,65)/b10-8-,16-14-,22-20-,28-26-,52-50+. The minimum Gasteiger partial charge on any atom is -0.756 e. The van der Waals surface area contributed by atoms with Crippen LogP contribution in [-0.4, -0.2) is 68.5 Å². The molecule has 0 aliphatic carbocycles. The predicted octanol–water partition coefficient (Wildman–Crippen LogP) is 16.7. The van der Waals surface area contributed by atoms with Gasteiger partial charge < -0.3 is 28.8 Å². The number of rotatable bonds is 52. The summed E-state index contributed by atoms with van der Waals surface area (Å²) in [6.07, 6.45) is 67.1. The number of nitrogens with one attached hydrogen (secondary N) is 1. The van der Waals surface area contributed by atoms with E-state index in [1.54, 1.807) is 6.08 Å². The molecule has 9 heteroatoms. The molecule has 0 radical (unpaired) electrons. The second-order valence-electron chi connectivity index (χ2n) is 20.6. The zero-order valence-electron chi connectivity index (χ0n) is 45.3. The lowest BCUT2D eigenvalue weighted by atomic mass is 10.0. The highest BCUT2D eigenvalue weighted by molar-refractivity contribution is 7.45. The van der Waals surface area contributed by atoms with E-state index in [0.29, 0.717) is 17.4 Å². The topological polar surface area (TPSA) is 108 Å². The van der Waals surface area contributed by atoms with Crippen molar-refractivity contribution < 1.29 is 32.9 Å². The molecule has 0 aromatic heterocycles. The van der Waals surface area contributed by atoms with Gasteiger partial charge >= 0.3 is 0 Å². The van der Waals surface area contributed by atoms with Crippen LogP contribution in [0.3, 0.4) is 0 Å². The fourth-order valence-corrected chi connectivity index (χ4v) is 8.99. The molecule has 0 spiro atoms. The first-order valence-electron chi connectivity index (χ1n) is 28.7. The molecule has 398 valence electrons. The molecule has 0 heterocycles. The zero-order chi connectivity index (χ0) is 49.9. The fraction of sp³-hybridized carbons (Fsp3) is 0.814. The van der Waals surface area contributed by atoms with E-state index < -0.39 is 20.0 Å². The van der Waals surface area contributed by atoms with Crippen molar-refractivity contribution in [2.75, 3.05) is 40.9 Å². The number of hydrogen-bond acceptors (Lipinski definition) is 6. The van der Waals surface area contributed by atoms with Crippen LogP contribution in [0, 0.1) is 0 Å². The Labute approximate surface area is 422 Å². The number of phosphoric acid groups is 1. The molecule has 0 aliphatic rings. The quantitative estimate of drug-likeness (QED) is 0.0272. The molecule has 0 saturated heterocycles. The largest absolute Gasteiger partial charge is 0.756 e. The molecule has 0 fully saturated rings. The third-order valence-electron chi connectivity index (χ3n) is 12.7. The third kappa shape index (κ3) is 52.0. The summed E-state index contributed by atoms with van der Waals surface area (Å²) in [5.41, 5.74) is 0. The van der Waals surface area contributed by atoms with E-state index in [2.05, 4.69) is 67.8 Å². The zero-order valence-corrected chi connectivity index (χ0v) is 46.2. The van der Waals surface area contributed by atoms with Gasteiger partial charge in [-0.3, -0.25) is 9.36 Å². The van der Waals surface area contributed by atoms with Crippen molar-refractivity contribution >= 4 is 13.7 Å². The number of allylic oxidation sites excluding steroid dienone is 9. The lowest BCUT2D eigenvalue weighted by molar-refractivity contribution is -0.870. The van der Waals surface area contributed by atoms with Gasteiger partial charge in [0.2, 0.25) is 5.91 Å². The van der Waals surface area contributed by atoms with E-state index in [0.717, 1.165) is 64.2 Å². The Morgan fingerprint density at radius 3 is 1.31 bits per heavy atom. The van der Waals surface area contributed by atoms with E-state index in [1.807, 2.05) is 27.2 Å². The van der Waals surface area contributed by atoms with E-state index >= 15 is 0 Å². The number of aliphatic hydroxyl groups excluding tert-OH is 1. The van der Waals surface area contributed by atoms with Crippen LogP contribution < -0.4 is 10.2 Å². The van der Waals surface area contributed by atoms with Gasteiger partial charge in [0, 0.05) is 6.42 Å². The molecule has 2 N–H and O–H groups in total. The highest BCUT2D eigenvalue weighted by atomic mass is 31.2. The molecule has 68 heavy (non-hydrogen) atoms. The number of unbranched alkanes of at least 4 members (excludes halogenated alkanes) is 31. The van der Waals surface area contributed by atoms with Crippen LogP contribution in [0.15, 0.2) is 60.8 Å². The van der Waals surface area contributed by atoms with Gasteiger partial charge in [0.25, 0.3) is 7.82 Å². The van der Waals surface area contributed by atoms with Crippen molar-refractivity contribution in [2.45, 2.75) is 270 Å². The average Bonchev–Trinajstić information content (AvgIpc) is 3.30. The molecule has 0 aromatic carbocycles. The van der Waals surface area contributed by atoms with E-state index in [4.69, 9.17) is 9.05 Å². The van der Waals surface area contributed by atoms with Crippen LogP contribution in [0.2, 0.25) is 0 Å². The normalized spacial score (nSPS) is 14.4. The molecular formula is C59H111N2O6P. The number of nitrogens with zero attached hydrogens (tertiary/aromatic N) is 1. The summed E-state index contributed by atoms with van der Waals surface area (Å²) >= 11 is 0. The molecule has 1 amide bonds. The van der Waals surface area contributed by atoms with Crippen molar-refractivity contribution in [2.24, 2.45) is 0 Å². The maximum Gasteiger partial charge on any atom is 0.268 e. The first-order chi connectivity index (χ1) is 33.0. The van der Waals surface area contributed by atoms with Gasteiger partial charge in [-0.2, -0.15) is 0 Å². The van der Waals surface area contributed by atoms with Crippen LogP contribution in [-0.2, 0) is 18.4 Å². The lowest BCUT2D eigenvalue weighted by Crippen LogP contribution is -2.45. The minimum absolute atomic E-state index is 0.00257. The van der Waals surface area contributed by atoms with Crippen LogP contribution in [0.4, 0.5) is 0 Å². The van der Waals surface area contributed by atoms with Crippen LogP contribution in [0.25, 0.3) is 0 Å². The molecule has 0 aliphatic heterocycles. The summed E-state index contributed by atoms with van der Waals surface area (Å²) in [6.45, 7) is 4.56. The second-order valence-corrected chi connectivity index (χ2v) is 22.0. The second kappa shape index (κ2) is 50.2. The smallest absolute Gasteiger partial charge is 0.268 e. The highest BCUT2D eigenvalue weighted by Crippen LogP contribution is 2.38. The predicted molar refractivity (Wildman–Crippen MR) is 293 cm³/mol. The van der Waals surface area contributed by atoms with Crippen molar-refractivity contribution in [3.63, 3.8) is 0 Å². The number of quaternary nitrogens is 1. The molecular weight excluding hydrogens is 864 g/mol. The molecule has 3 unspecified atom stereocenters. The fourth-order valence-electron chi connectivity index (χ4n) is 8.26. The van der Waals surface area contributed by atoms with Gasteiger partial charge in [0.1, 0.15) is 13.2 Å². The van der Waals surface area contributed by atoms with Crippen LogP contribution in [0.5, 0.6) is 0 Å². The monoisotopic (exact) mass is 975 g/mol. The number of phosphoric ester groups is 1. The molecule has 3 atom stereocenters. The Hall–Kier alpha value is -1.80. The van der Waals surface area contributed by atoms with Crippen molar-refractivity contribution in [1.29, 1.82) is 0 Å². The number of carbonyl (C=O) groups excluding carboxylic acids is 1. The van der Waals surface area contributed by atoms with Gasteiger partial charge in [-0.25, -0.2) is 0 Å². The summed E-state index contributed by atoms with van der Waals surface area (Å²) in [6, 6.07) is -0.890. The Balaban J connectivity index is 4.22. The number of hydrogen-bond donors (Lipinski definition) is 2. The Bertz CT molecular complexity index is 1290. The summed E-state index contributed by atoms with van der Waals surface area (Å²) < 4.78 is 23.4. The number of amides is 1. The van der Waals surface area contributed by atoms with Crippen molar-refractivity contribution in [3.8, 4) is 0 Å². The molecule has 0 aromatic rings. The SMILES string of the molecule is CC/C=C\C/C=C\C/C=C\C/C=C\CCCCCCCCCCCCCCC(=O)NC(COP(=O)([O-])OCC[N+](C)(C)C)C(O)/C=C/CCCCCCCCCCCCCCCCCCCCC. The molecule has 8 nitrogen and oxygen atoms in total. The number of aliphatic hydroxyl groups is 1. The maximum atomic E-state index is 13.0. The van der Waals surface area contributed by atoms with Gasteiger partial charge in [0.15, 0.2) is 0 Å². The van der Waals surface area contributed by atoms with Crippen molar-refractivity contribution in [3.05, 3.63) is 60.8 Å². The van der Waals surface area contributed by atoms with Gasteiger partial charge in [-0.05, 0) is 57.8 Å². The van der Waals surface area contributed by atoms with Gasteiger partial charge in [-0.15, -0.1) is 0 Å². The van der Waals surface area contributed by atoms with E-state index in [9.17, 15) is 19.4 Å². The summed E-state index contributed by atoms with van der Waals surface area (Å²) in [4.78, 5) is 25.5. The Kier molecular flexibility index (Phi) is 48.8.